The van der Waals surface area contributed by atoms with Crippen LogP contribution >= 0.6 is 0 Å². The second-order valence-electron chi connectivity index (χ2n) is 4.14. The van der Waals surface area contributed by atoms with Crippen LogP contribution in [0.15, 0.2) is 35.4 Å². The third-order valence-electron chi connectivity index (χ3n) is 2.90. The molecule has 3 rings (SSSR count). The Balaban J connectivity index is 2.38. The van der Waals surface area contributed by atoms with E-state index in [0.29, 0.717) is 16.7 Å². The number of para-hydroxylation sites is 1. The molecule has 0 amide bonds. The standard InChI is InChI=1S/C12H10N4O3/c1-15-6-7(5-13-15)16-9-4-2-3-8(11(17)18)10(9)14-12(16)19/h2-6H,1H3,(H,14,19)(H,17,18). The molecule has 0 bridgehead atoms. The molecule has 7 nitrogen and oxygen atoms in total. The van der Waals surface area contributed by atoms with E-state index in [9.17, 15) is 9.59 Å². The molecule has 0 aliphatic heterocycles. The molecule has 0 atom stereocenters. The first-order valence-corrected chi connectivity index (χ1v) is 5.54. The van der Waals surface area contributed by atoms with Gasteiger partial charge in [0.1, 0.15) is 0 Å². The normalized spacial score (nSPS) is 11.0. The molecule has 19 heavy (non-hydrogen) atoms. The van der Waals surface area contributed by atoms with Gasteiger partial charge in [-0.3, -0.25) is 9.25 Å². The van der Waals surface area contributed by atoms with E-state index in [1.165, 1.54) is 10.6 Å². The first kappa shape index (κ1) is 11.3. The molecule has 2 aromatic heterocycles. The highest BCUT2D eigenvalue weighted by atomic mass is 16.4. The Morgan fingerprint density at radius 2 is 2.21 bits per heavy atom. The Kier molecular flexibility index (Phi) is 2.28. The number of H-pyrrole nitrogens is 1. The summed E-state index contributed by atoms with van der Waals surface area (Å²) < 4.78 is 2.97. The first-order valence-electron chi connectivity index (χ1n) is 5.54. The van der Waals surface area contributed by atoms with Crippen molar-refractivity contribution in [2.45, 2.75) is 0 Å². The topological polar surface area (TPSA) is 92.9 Å². The quantitative estimate of drug-likeness (QED) is 0.709. The number of imidazole rings is 1. The molecule has 7 heteroatoms. The van der Waals surface area contributed by atoms with Gasteiger partial charge in [0.15, 0.2) is 0 Å². The number of carbonyl (C=O) groups is 1. The molecular formula is C12H10N4O3. The predicted molar refractivity (Wildman–Crippen MR) is 67.6 cm³/mol. The highest BCUT2D eigenvalue weighted by Crippen LogP contribution is 2.18. The Morgan fingerprint density at radius 3 is 2.84 bits per heavy atom. The Bertz CT molecular complexity index is 840. The highest BCUT2D eigenvalue weighted by Gasteiger charge is 2.15. The van der Waals surface area contributed by atoms with E-state index >= 15 is 0 Å². The monoisotopic (exact) mass is 258 g/mol. The van der Waals surface area contributed by atoms with Crippen molar-refractivity contribution in [3.05, 3.63) is 46.6 Å². The van der Waals surface area contributed by atoms with Crippen LogP contribution in [0.25, 0.3) is 16.7 Å². The van der Waals surface area contributed by atoms with Crippen LogP contribution in [0.5, 0.6) is 0 Å². The average Bonchev–Trinajstić information content (AvgIpc) is 2.90. The van der Waals surface area contributed by atoms with E-state index in [1.54, 1.807) is 36.3 Å². The summed E-state index contributed by atoms with van der Waals surface area (Å²) in [5, 5.41) is 13.1. The number of benzene rings is 1. The average molecular weight is 258 g/mol. The molecule has 3 aromatic rings. The SMILES string of the molecule is Cn1cc(-n2c(=O)[nH]c3c(C(=O)O)cccc32)cn1. The number of aromatic amines is 1. The summed E-state index contributed by atoms with van der Waals surface area (Å²) in [6, 6.07) is 4.74. The summed E-state index contributed by atoms with van der Waals surface area (Å²) in [6.07, 6.45) is 3.23. The zero-order valence-electron chi connectivity index (χ0n) is 9.99. The van der Waals surface area contributed by atoms with Crippen molar-refractivity contribution in [2.75, 3.05) is 0 Å². The van der Waals surface area contributed by atoms with Crippen molar-refractivity contribution < 1.29 is 9.90 Å². The van der Waals surface area contributed by atoms with Gasteiger partial charge in [-0.15, -0.1) is 0 Å². The minimum atomic E-state index is -1.08. The lowest BCUT2D eigenvalue weighted by molar-refractivity contribution is 0.0699. The number of hydrogen-bond donors (Lipinski definition) is 2. The van der Waals surface area contributed by atoms with Gasteiger partial charge in [0, 0.05) is 13.2 Å². The van der Waals surface area contributed by atoms with Gasteiger partial charge in [-0.2, -0.15) is 5.10 Å². The second-order valence-corrected chi connectivity index (χ2v) is 4.14. The zero-order valence-corrected chi connectivity index (χ0v) is 9.99. The van der Waals surface area contributed by atoms with Crippen LogP contribution in [-0.4, -0.2) is 30.4 Å². The van der Waals surface area contributed by atoms with Gasteiger partial charge in [-0.25, -0.2) is 9.59 Å². The van der Waals surface area contributed by atoms with Crippen LogP contribution in [0.1, 0.15) is 10.4 Å². The predicted octanol–water partition coefficient (Wildman–Crippen LogP) is 0.750. The Morgan fingerprint density at radius 1 is 1.42 bits per heavy atom. The number of aryl methyl sites for hydroxylation is 1. The molecule has 96 valence electrons. The summed E-state index contributed by atoms with van der Waals surface area (Å²) in [7, 11) is 1.74. The van der Waals surface area contributed by atoms with Crippen molar-refractivity contribution in [1.82, 2.24) is 19.3 Å². The molecule has 1 aromatic carbocycles. The lowest BCUT2D eigenvalue weighted by Gasteiger charge is -2.00. The summed E-state index contributed by atoms with van der Waals surface area (Å²) in [5.74, 6) is -1.08. The lowest BCUT2D eigenvalue weighted by atomic mass is 10.2. The number of aromatic carboxylic acids is 1. The van der Waals surface area contributed by atoms with Crippen LogP contribution in [0.4, 0.5) is 0 Å². The molecule has 0 unspecified atom stereocenters. The molecule has 0 fully saturated rings. The lowest BCUT2D eigenvalue weighted by Crippen LogP contribution is -2.13. The van der Waals surface area contributed by atoms with E-state index in [1.807, 2.05) is 0 Å². The Labute approximate surface area is 106 Å². The van der Waals surface area contributed by atoms with Crippen LogP contribution in [0.3, 0.4) is 0 Å². The van der Waals surface area contributed by atoms with E-state index in [0.717, 1.165) is 0 Å². The van der Waals surface area contributed by atoms with Crippen molar-refractivity contribution >= 4 is 17.0 Å². The number of carboxylic acids is 1. The summed E-state index contributed by atoms with van der Waals surface area (Å²) in [6.45, 7) is 0. The number of nitrogens with one attached hydrogen (secondary N) is 1. The van der Waals surface area contributed by atoms with Gasteiger partial charge in [0.05, 0.1) is 28.5 Å². The van der Waals surface area contributed by atoms with Crippen LogP contribution < -0.4 is 5.69 Å². The van der Waals surface area contributed by atoms with Gasteiger partial charge in [0.2, 0.25) is 0 Å². The fourth-order valence-corrected chi connectivity index (χ4v) is 2.09. The van der Waals surface area contributed by atoms with E-state index in [4.69, 9.17) is 5.11 Å². The fraction of sp³-hybridized carbons (Fsp3) is 0.0833. The number of aromatic nitrogens is 4. The number of carboxylic acid groups (broad SMARTS) is 1. The third-order valence-corrected chi connectivity index (χ3v) is 2.90. The van der Waals surface area contributed by atoms with Crippen molar-refractivity contribution in [3.8, 4) is 5.69 Å². The van der Waals surface area contributed by atoms with Gasteiger partial charge in [0.25, 0.3) is 0 Å². The number of fused-ring (bicyclic) bond motifs is 1. The van der Waals surface area contributed by atoms with Crippen molar-refractivity contribution in [1.29, 1.82) is 0 Å². The smallest absolute Gasteiger partial charge is 0.337 e. The number of hydrogen-bond acceptors (Lipinski definition) is 3. The molecule has 0 aliphatic rings. The number of rotatable bonds is 2. The van der Waals surface area contributed by atoms with Crippen LogP contribution in [0, 0.1) is 0 Å². The highest BCUT2D eigenvalue weighted by molar-refractivity contribution is 6.01. The van der Waals surface area contributed by atoms with Crippen molar-refractivity contribution in [3.63, 3.8) is 0 Å². The third kappa shape index (κ3) is 1.63. The molecule has 2 N–H and O–H groups in total. The largest absolute Gasteiger partial charge is 0.478 e. The maximum absolute atomic E-state index is 12.0. The molecule has 0 saturated heterocycles. The molecular weight excluding hydrogens is 248 g/mol. The zero-order chi connectivity index (χ0) is 13.6. The fourth-order valence-electron chi connectivity index (χ4n) is 2.09. The second kappa shape index (κ2) is 3.84. The number of nitrogens with zero attached hydrogens (tertiary/aromatic N) is 3. The summed E-state index contributed by atoms with van der Waals surface area (Å²) >= 11 is 0. The van der Waals surface area contributed by atoms with E-state index in [-0.39, 0.29) is 5.56 Å². The Hall–Kier alpha value is -2.83. The maximum Gasteiger partial charge on any atom is 0.337 e. The van der Waals surface area contributed by atoms with Crippen LogP contribution in [0.2, 0.25) is 0 Å². The van der Waals surface area contributed by atoms with Gasteiger partial charge in [-0.1, -0.05) is 6.07 Å². The molecule has 0 spiro atoms. The molecule has 0 radical (unpaired) electrons. The van der Waals surface area contributed by atoms with Crippen molar-refractivity contribution in [2.24, 2.45) is 7.05 Å². The van der Waals surface area contributed by atoms with Gasteiger partial charge in [-0.05, 0) is 12.1 Å². The molecule has 2 heterocycles. The van der Waals surface area contributed by atoms with Gasteiger partial charge >= 0.3 is 11.7 Å². The van der Waals surface area contributed by atoms with E-state index in [2.05, 4.69) is 10.1 Å². The minimum Gasteiger partial charge on any atom is -0.478 e. The molecule has 0 saturated carbocycles. The van der Waals surface area contributed by atoms with Crippen LogP contribution in [-0.2, 0) is 7.05 Å². The summed E-state index contributed by atoms with van der Waals surface area (Å²) in [5.41, 5.74) is 1.08. The maximum atomic E-state index is 12.0. The summed E-state index contributed by atoms with van der Waals surface area (Å²) in [4.78, 5) is 25.7. The first-order chi connectivity index (χ1) is 9.08. The minimum absolute atomic E-state index is 0.0669. The van der Waals surface area contributed by atoms with Gasteiger partial charge < -0.3 is 10.1 Å². The molecule has 0 aliphatic carbocycles. The van der Waals surface area contributed by atoms with E-state index < -0.39 is 11.7 Å².